The van der Waals surface area contributed by atoms with Crippen LogP contribution in [-0.2, 0) is 14.3 Å². The molecule has 0 aromatic rings. The fourth-order valence-electron chi connectivity index (χ4n) is 3.82. The predicted molar refractivity (Wildman–Crippen MR) is 141 cm³/mol. The van der Waals surface area contributed by atoms with Gasteiger partial charge in [-0.3, -0.25) is 9.59 Å². The van der Waals surface area contributed by atoms with Crippen LogP contribution in [0.1, 0.15) is 108 Å². The summed E-state index contributed by atoms with van der Waals surface area (Å²) in [5.41, 5.74) is -0.689. The van der Waals surface area contributed by atoms with Crippen LogP contribution in [0.2, 0.25) is 0 Å². The number of aliphatic hydroxyl groups is 1. The van der Waals surface area contributed by atoms with Gasteiger partial charge in [0.05, 0.1) is 12.1 Å². The summed E-state index contributed by atoms with van der Waals surface area (Å²) >= 11 is 0. The summed E-state index contributed by atoms with van der Waals surface area (Å²) in [5.74, 6) is -0.876. The third-order valence-corrected chi connectivity index (χ3v) is 5.74. The summed E-state index contributed by atoms with van der Waals surface area (Å²) in [7, 11) is 0. The number of unbranched alkanes of at least 4 members (excludes halogenated alkanes) is 3. The zero-order valence-corrected chi connectivity index (χ0v) is 23.9. The lowest BCUT2D eigenvalue weighted by Crippen LogP contribution is -2.59. The van der Waals surface area contributed by atoms with Crippen molar-refractivity contribution in [1.29, 1.82) is 0 Å². The normalized spacial score (nSPS) is 15.5. The SMILES string of the molecule is CCCCCCC(O)[C@H](CC(C)C)NC(=O)C(NC(=O)C(NC(=O)OC(C)(C)C)C(C)C)C(C)C. The van der Waals surface area contributed by atoms with Gasteiger partial charge in [0.2, 0.25) is 11.8 Å². The molecule has 35 heavy (non-hydrogen) atoms. The molecule has 3 amide bonds. The van der Waals surface area contributed by atoms with Crippen molar-refractivity contribution in [3.8, 4) is 0 Å². The molecule has 0 aromatic heterocycles. The van der Waals surface area contributed by atoms with Gasteiger partial charge in [0.15, 0.2) is 0 Å². The number of alkyl carbamates (subject to hydrolysis) is 1. The predicted octanol–water partition coefficient (Wildman–Crippen LogP) is 4.54. The maximum absolute atomic E-state index is 13.2. The van der Waals surface area contributed by atoms with Gasteiger partial charge in [0.1, 0.15) is 17.7 Å². The summed E-state index contributed by atoms with van der Waals surface area (Å²) in [6.45, 7) is 18.9. The Labute approximate surface area is 213 Å². The Morgan fingerprint density at radius 2 is 1.31 bits per heavy atom. The molecule has 0 heterocycles. The molecule has 0 aliphatic rings. The van der Waals surface area contributed by atoms with E-state index >= 15 is 0 Å². The summed E-state index contributed by atoms with van der Waals surface area (Å²) in [4.78, 5) is 38.6. The number of nitrogens with one attached hydrogen (secondary N) is 3. The first-order chi connectivity index (χ1) is 16.1. The lowest BCUT2D eigenvalue weighted by Gasteiger charge is -2.31. The first-order valence-corrected chi connectivity index (χ1v) is 13.4. The topological polar surface area (TPSA) is 117 Å². The van der Waals surface area contributed by atoms with Gasteiger partial charge < -0.3 is 25.8 Å². The van der Waals surface area contributed by atoms with E-state index in [1.165, 1.54) is 0 Å². The minimum absolute atomic E-state index is 0.185. The minimum Gasteiger partial charge on any atom is -0.444 e. The summed E-state index contributed by atoms with van der Waals surface area (Å²) in [6, 6.07) is -2.04. The molecule has 0 aromatic carbocycles. The van der Waals surface area contributed by atoms with E-state index in [1.54, 1.807) is 20.8 Å². The van der Waals surface area contributed by atoms with Crippen molar-refractivity contribution < 1.29 is 24.2 Å². The van der Waals surface area contributed by atoms with Crippen molar-refractivity contribution >= 4 is 17.9 Å². The van der Waals surface area contributed by atoms with Crippen molar-refractivity contribution in [3.05, 3.63) is 0 Å². The molecule has 0 saturated carbocycles. The molecule has 0 bridgehead atoms. The number of hydrogen-bond acceptors (Lipinski definition) is 5. The highest BCUT2D eigenvalue weighted by Gasteiger charge is 2.33. The van der Waals surface area contributed by atoms with Crippen LogP contribution < -0.4 is 16.0 Å². The Kier molecular flexibility index (Phi) is 15.2. The molecule has 8 nitrogen and oxygen atoms in total. The summed E-state index contributed by atoms with van der Waals surface area (Å²) in [6.07, 6.45) is 4.18. The molecule has 0 aliphatic carbocycles. The smallest absolute Gasteiger partial charge is 0.408 e. The van der Waals surface area contributed by atoms with Gasteiger partial charge in [0.25, 0.3) is 0 Å². The van der Waals surface area contributed by atoms with E-state index in [-0.39, 0.29) is 23.8 Å². The number of aliphatic hydroxyl groups excluding tert-OH is 1. The third-order valence-electron chi connectivity index (χ3n) is 5.74. The molecule has 0 spiro atoms. The highest BCUT2D eigenvalue weighted by Crippen LogP contribution is 2.16. The molecule has 3 unspecified atom stereocenters. The van der Waals surface area contributed by atoms with Crippen LogP contribution in [0.4, 0.5) is 4.79 Å². The largest absolute Gasteiger partial charge is 0.444 e. The number of rotatable bonds is 15. The maximum atomic E-state index is 13.2. The van der Waals surface area contributed by atoms with Gasteiger partial charge in [0, 0.05) is 0 Å². The molecule has 0 saturated heterocycles. The average molecular weight is 500 g/mol. The van der Waals surface area contributed by atoms with Gasteiger partial charge >= 0.3 is 6.09 Å². The van der Waals surface area contributed by atoms with Gasteiger partial charge in [-0.15, -0.1) is 0 Å². The van der Waals surface area contributed by atoms with Crippen molar-refractivity contribution in [3.63, 3.8) is 0 Å². The van der Waals surface area contributed by atoms with E-state index in [9.17, 15) is 19.5 Å². The fraction of sp³-hybridized carbons (Fsp3) is 0.889. The van der Waals surface area contributed by atoms with Crippen molar-refractivity contribution in [2.24, 2.45) is 17.8 Å². The molecular formula is C27H53N3O5. The lowest BCUT2D eigenvalue weighted by molar-refractivity contribution is -0.132. The van der Waals surface area contributed by atoms with E-state index < -0.39 is 35.8 Å². The highest BCUT2D eigenvalue weighted by molar-refractivity contribution is 5.91. The number of carbonyl (C=O) groups excluding carboxylic acids is 3. The maximum Gasteiger partial charge on any atom is 0.408 e. The molecule has 0 rings (SSSR count). The van der Waals surface area contributed by atoms with E-state index in [0.29, 0.717) is 18.8 Å². The van der Waals surface area contributed by atoms with Crippen LogP contribution in [0.3, 0.4) is 0 Å². The highest BCUT2D eigenvalue weighted by atomic mass is 16.6. The van der Waals surface area contributed by atoms with E-state index in [4.69, 9.17) is 4.74 Å². The number of ether oxygens (including phenoxy) is 1. The van der Waals surface area contributed by atoms with E-state index in [2.05, 4.69) is 36.7 Å². The second-order valence-corrected chi connectivity index (χ2v) is 11.8. The van der Waals surface area contributed by atoms with E-state index in [0.717, 1.165) is 25.7 Å². The minimum atomic E-state index is -0.852. The van der Waals surface area contributed by atoms with Crippen molar-refractivity contribution in [2.45, 2.75) is 138 Å². The zero-order chi connectivity index (χ0) is 27.3. The van der Waals surface area contributed by atoms with Gasteiger partial charge in [-0.05, 0) is 51.4 Å². The standard InChI is InChI=1S/C27H53N3O5/c1-11-12-13-14-15-21(31)20(16-17(2)3)28-24(32)22(18(4)5)29-25(33)23(19(6)7)30-26(34)35-27(8,9)10/h17-23,31H,11-16H2,1-10H3,(H,28,32)(H,29,33)(H,30,34)/t20-,21?,22?,23?/m0/s1. The number of hydrogen-bond donors (Lipinski definition) is 4. The monoisotopic (exact) mass is 499 g/mol. The first-order valence-electron chi connectivity index (χ1n) is 13.4. The molecule has 8 heteroatoms. The molecule has 0 fully saturated rings. The Bertz CT molecular complexity index is 643. The summed E-state index contributed by atoms with van der Waals surface area (Å²) in [5, 5.41) is 19.2. The molecular weight excluding hydrogens is 446 g/mol. The molecule has 206 valence electrons. The van der Waals surface area contributed by atoms with Crippen molar-refractivity contribution in [2.75, 3.05) is 0 Å². The van der Waals surface area contributed by atoms with Crippen LogP contribution in [-0.4, -0.2) is 52.8 Å². The fourth-order valence-corrected chi connectivity index (χ4v) is 3.82. The van der Waals surface area contributed by atoms with Gasteiger partial charge in [-0.2, -0.15) is 0 Å². The van der Waals surface area contributed by atoms with Crippen LogP contribution in [0.15, 0.2) is 0 Å². The Morgan fingerprint density at radius 1 is 0.800 bits per heavy atom. The van der Waals surface area contributed by atoms with Crippen LogP contribution >= 0.6 is 0 Å². The van der Waals surface area contributed by atoms with Gasteiger partial charge in [-0.25, -0.2) is 4.79 Å². The lowest BCUT2D eigenvalue weighted by atomic mass is 9.94. The van der Waals surface area contributed by atoms with Crippen molar-refractivity contribution in [1.82, 2.24) is 16.0 Å². The van der Waals surface area contributed by atoms with Gasteiger partial charge in [-0.1, -0.05) is 74.1 Å². The average Bonchev–Trinajstić information content (AvgIpc) is 2.70. The summed E-state index contributed by atoms with van der Waals surface area (Å²) < 4.78 is 5.29. The molecule has 4 N–H and O–H groups in total. The Balaban J connectivity index is 5.37. The Hall–Kier alpha value is -1.83. The number of carbonyl (C=O) groups is 3. The Morgan fingerprint density at radius 3 is 1.77 bits per heavy atom. The second kappa shape index (κ2) is 16.0. The second-order valence-electron chi connectivity index (χ2n) is 11.8. The molecule has 4 atom stereocenters. The third kappa shape index (κ3) is 14.4. The van der Waals surface area contributed by atoms with E-state index in [1.807, 2.05) is 27.7 Å². The van der Waals surface area contributed by atoms with Crippen LogP contribution in [0, 0.1) is 17.8 Å². The first kappa shape index (κ1) is 33.2. The quantitative estimate of drug-likeness (QED) is 0.247. The molecule has 0 aliphatic heterocycles. The van der Waals surface area contributed by atoms with Crippen LogP contribution in [0.25, 0.3) is 0 Å². The molecule has 0 radical (unpaired) electrons. The number of amides is 3. The van der Waals surface area contributed by atoms with Crippen LogP contribution in [0.5, 0.6) is 0 Å². The zero-order valence-electron chi connectivity index (χ0n) is 23.9.